The molecule has 16 heavy (non-hydrogen) atoms. The predicted molar refractivity (Wildman–Crippen MR) is 70.8 cm³/mol. The molecule has 0 aliphatic heterocycles. The van der Waals surface area contributed by atoms with E-state index in [1.54, 1.807) is 0 Å². The molecule has 0 N–H and O–H groups in total. The van der Waals surface area contributed by atoms with Gasteiger partial charge in [-0.2, -0.15) is 0 Å². The van der Waals surface area contributed by atoms with Gasteiger partial charge in [-0.1, -0.05) is 24.3 Å². The van der Waals surface area contributed by atoms with Gasteiger partial charge in [0.1, 0.15) is 0 Å². The fraction of sp³-hybridized carbons (Fsp3) is 0.250. The maximum atomic E-state index is 2.36. The van der Waals surface area contributed by atoms with Gasteiger partial charge in [-0.25, -0.2) is 0 Å². The Morgan fingerprint density at radius 3 is 2.31 bits per heavy atom. The van der Waals surface area contributed by atoms with Crippen LogP contribution in [0.4, 0.5) is 0 Å². The molecule has 0 aromatic heterocycles. The lowest BCUT2D eigenvalue weighted by molar-refractivity contribution is 1.12. The summed E-state index contributed by atoms with van der Waals surface area (Å²) in [5.74, 6) is 0. The first-order chi connectivity index (χ1) is 7.75. The van der Waals surface area contributed by atoms with Crippen molar-refractivity contribution in [3.05, 3.63) is 45.8 Å². The monoisotopic (exact) mass is 208 g/mol. The van der Waals surface area contributed by atoms with E-state index >= 15 is 0 Å². The number of benzene rings is 2. The van der Waals surface area contributed by atoms with Gasteiger partial charge in [-0.3, -0.25) is 0 Å². The van der Waals surface area contributed by atoms with E-state index in [1.165, 1.54) is 45.2 Å². The van der Waals surface area contributed by atoms with E-state index in [1.807, 2.05) is 0 Å². The van der Waals surface area contributed by atoms with Crippen molar-refractivity contribution in [1.82, 2.24) is 0 Å². The van der Waals surface area contributed by atoms with Gasteiger partial charge in [0.15, 0.2) is 0 Å². The molecule has 2 aromatic carbocycles. The average molecular weight is 208 g/mol. The van der Waals surface area contributed by atoms with E-state index in [-0.39, 0.29) is 0 Å². The van der Waals surface area contributed by atoms with Crippen LogP contribution in [0.3, 0.4) is 0 Å². The molecule has 0 nitrogen and oxygen atoms in total. The van der Waals surface area contributed by atoms with Crippen LogP contribution in [0.15, 0.2) is 24.3 Å². The van der Waals surface area contributed by atoms with Crippen molar-refractivity contribution in [2.45, 2.75) is 26.7 Å². The van der Waals surface area contributed by atoms with Crippen molar-refractivity contribution in [1.29, 1.82) is 0 Å². The third-order valence-electron chi connectivity index (χ3n) is 3.66. The Balaban J connectivity index is 2.51. The van der Waals surface area contributed by atoms with Gasteiger partial charge < -0.3 is 0 Å². The Morgan fingerprint density at radius 1 is 0.875 bits per heavy atom. The summed E-state index contributed by atoms with van der Waals surface area (Å²) in [6.07, 6.45) is 7.08. The van der Waals surface area contributed by atoms with Crippen molar-refractivity contribution >= 4 is 22.9 Å². The quantitative estimate of drug-likeness (QED) is 0.624. The first kappa shape index (κ1) is 9.65. The van der Waals surface area contributed by atoms with Crippen molar-refractivity contribution < 1.29 is 0 Å². The Kier molecular flexibility index (Phi) is 2.10. The number of fused-ring (bicyclic) bond motifs is 2. The van der Waals surface area contributed by atoms with Crippen LogP contribution in [0.2, 0.25) is 0 Å². The molecule has 0 amide bonds. The summed E-state index contributed by atoms with van der Waals surface area (Å²) in [4.78, 5) is 0. The second-order valence-electron chi connectivity index (χ2n) is 4.70. The Labute approximate surface area is 95.9 Å². The second-order valence-corrected chi connectivity index (χ2v) is 4.70. The maximum absolute atomic E-state index is 2.36. The highest BCUT2D eigenvalue weighted by molar-refractivity contribution is 5.87. The van der Waals surface area contributed by atoms with E-state index in [0.29, 0.717) is 0 Å². The molecule has 0 heteroatoms. The van der Waals surface area contributed by atoms with Crippen LogP contribution >= 0.6 is 0 Å². The van der Waals surface area contributed by atoms with Crippen LogP contribution < -0.4 is 10.4 Å². The fourth-order valence-electron chi connectivity index (χ4n) is 2.50. The molecule has 0 fully saturated rings. The molecule has 0 saturated heterocycles. The summed E-state index contributed by atoms with van der Waals surface area (Å²) < 4.78 is 0. The second kappa shape index (κ2) is 3.48. The zero-order valence-electron chi connectivity index (χ0n) is 9.88. The molecular weight excluding hydrogens is 192 g/mol. The van der Waals surface area contributed by atoms with Crippen LogP contribution in [-0.2, 0) is 0 Å². The molecule has 1 aliphatic carbocycles. The summed E-state index contributed by atoms with van der Waals surface area (Å²) in [6.45, 7) is 4.40. The third kappa shape index (κ3) is 1.37. The maximum Gasteiger partial charge on any atom is -0.0146 e. The molecule has 0 radical (unpaired) electrons. The summed E-state index contributed by atoms with van der Waals surface area (Å²) >= 11 is 0. The van der Waals surface area contributed by atoms with Gasteiger partial charge in [-0.15, -0.1) is 0 Å². The van der Waals surface area contributed by atoms with Crippen molar-refractivity contribution in [3.8, 4) is 0 Å². The molecule has 2 aromatic rings. The lowest BCUT2D eigenvalue weighted by atomic mass is 9.97. The molecule has 0 spiro atoms. The number of aryl methyl sites for hydroxylation is 2. The van der Waals surface area contributed by atoms with Gasteiger partial charge in [0.05, 0.1) is 0 Å². The van der Waals surface area contributed by atoms with Crippen LogP contribution in [0.5, 0.6) is 0 Å². The van der Waals surface area contributed by atoms with E-state index in [0.717, 1.165) is 0 Å². The number of rotatable bonds is 0. The minimum absolute atomic E-state index is 1.18. The topological polar surface area (TPSA) is 0 Å². The number of hydrogen-bond acceptors (Lipinski definition) is 0. The van der Waals surface area contributed by atoms with Crippen LogP contribution in [0.25, 0.3) is 22.9 Å². The zero-order chi connectivity index (χ0) is 11.1. The SMILES string of the molecule is Cc1ccc2cc3c(cc2c1C)=CCCC=3. The van der Waals surface area contributed by atoms with Gasteiger partial charge in [-0.05, 0) is 71.2 Å². The summed E-state index contributed by atoms with van der Waals surface area (Å²) in [7, 11) is 0. The van der Waals surface area contributed by atoms with Crippen LogP contribution in [0, 0.1) is 13.8 Å². The van der Waals surface area contributed by atoms with E-state index in [4.69, 9.17) is 0 Å². The summed E-state index contributed by atoms with van der Waals surface area (Å²) in [6, 6.07) is 9.13. The van der Waals surface area contributed by atoms with Crippen molar-refractivity contribution in [3.63, 3.8) is 0 Å². The Bertz CT molecular complexity index is 675. The number of hydrogen-bond donors (Lipinski definition) is 0. The molecular formula is C16H16. The highest BCUT2D eigenvalue weighted by Crippen LogP contribution is 2.18. The van der Waals surface area contributed by atoms with Crippen LogP contribution in [-0.4, -0.2) is 0 Å². The Morgan fingerprint density at radius 2 is 1.56 bits per heavy atom. The van der Waals surface area contributed by atoms with E-state index < -0.39 is 0 Å². The minimum atomic E-state index is 1.18. The molecule has 3 rings (SSSR count). The lowest BCUT2D eigenvalue weighted by Crippen LogP contribution is -2.26. The fourth-order valence-corrected chi connectivity index (χ4v) is 2.50. The van der Waals surface area contributed by atoms with Crippen molar-refractivity contribution in [2.75, 3.05) is 0 Å². The molecule has 0 atom stereocenters. The zero-order valence-corrected chi connectivity index (χ0v) is 9.88. The smallest absolute Gasteiger partial charge is 0.0146 e. The van der Waals surface area contributed by atoms with Gasteiger partial charge in [0, 0.05) is 0 Å². The molecule has 0 saturated carbocycles. The highest BCUT2D eigenvalue weighted by atomic mass is 14.1. The molecule has 80 valence electrons. The molecule has 0 unspecified atom stereocenters. The first-order valence-electron chi connectivity index (χ1n) is 5.96. The van der Waals surface area contributed by atoms with E-state index in [2.05, 4.69) is 50.3 Å². The Hall–Kier alpha value is -1.56. The largest absolute Gasteiger partial charge is 0.0763 e. The highest BCUT2D eigenvalue weighted by Gasteiger charge is 2.02. The van der Waals surface area contributed by atoms with Crippen molar-refractivity contribution in [2.24, 2.45) is 0 Å². The third-order valence-corrected chi connectivity index (χ3v) is 3.66. The normalized spacial score (nSPS) is 14.1. The predicted octanol–water partition coefficient (Wildman–Crippen LogP) is 2.81. The first-order valence-corrected chi connectivity index (χ1v) is 5.96. The summed E-state index contributed by atoms with van der Waals surface area (Å²) in [5, 5.41) is 5.59. The lowest BCUT2D eigenvalue weighted by Gasteiger charge is -2.08. The standard InChI is InChI=1S/C16H16/c1-11-7-8-15-9-13-5-3-4-6-14(13)10-16(15)12(11)2/h5-10H,3-4H2,1-2H3. The summed E-state index contributed by atoms with van der Waals surface area (Å²) in [5.41, 5.74) is 2.80. The molecule has 0 bridgehead atoms. The van der Waals surface area contributed by atoms with Gasteiger partial charge in [0.2, 0.25) is 0 Å². The van der Waals surface area contributed by atoms with E-state index in [9.17, 15) is 0 Å². The molecule has 0 heterocycles. The average Bonchev–Trinajstić information content (AvgIpc) is 2.32. The molecule has 1 aliphatic rings. The van der Waals surface area contributed by atoms with Crippen LogP contribution in [0.1, 0.15) is 24.0 Å². The van der Waals surface area contributed by atoms with Gasteiger partial charge in [0.25, 0.3) is 0 Å². The minimum Gasteiger partial charge on any atom is -0.0763 e. The van der Waals surface area contributed by atoms with Gasteiger partial charge >= 0.3 is 0 Å².